The van der Waals surface area contributed by atoms with Crippen LogP contribution < -0.4 is 5.32 Å². The molecular formula is C18H19N3O2S. The maximum atomic E-state index is 11.9. The highest BCUT2D eigenvalue weighted by molar-refractivity contribution is 7.12. The van der Waals surface area contributed by atoms with E-state index in [0.717, 1.165) is 16.9 Å². The van der Waals surface area contributed by atoms with E-state index in [1.54, 1.807) is 6.07 Å². The molecule has 2 aromatic heterocycles. The number of nitrogens with one attached hydrogen (secondary N) is 1. The number of carbonyl (C=O) groups is 2. The van der Waals surface area contributed by atoms with Crippen LogP contribution in [-0.4, -0.2) is 27.8 Å². The molecule has 5 nitrogen and oxygen atoms in total. The SMILES string of the molecule is Cc1nc2ccccc2n1CCNC(=O)CCC(=O)c1cccs1. The maximum absolute atomic E-state index is 11.9. The summed E-state index contributed by atoms with van der Waals surface area (Å²) in [5.41, 5.74) is 2.03. The number of imidazole rings is 1. The third-order valence-corrected chi connectivity index (χ3v) is 4.79. The minimum Gasteiger partial charge on any atom is -0.354 e. The molecule has 0 aliphatic carbocycles. The lowest BCUT2D eigenvalue weighted by Crippen LogP contribution is -2.27. The Morgan fingerprint density at radius 1 is 1.17 bits per heavy atom. The monoisotopic (exact) mass is 341 g/mol. The van der Waals surface area contributed by atoms with Gasteiger partial charge in [0.1, 0.15) is 5.82 Å². The molecule has 1 amide bonds. The minimum absolute atomic E-state index is 0.0246. The van der Waals surface area contributed by atoms with Crippen LogP contribution in [0.2, 0.25) is 0 Å². The van der Waals surface area contributed by atoms with Crippen LogP contribution in [0, 0.1) is 6.92 Å². The van der Waals surface area contributed by atoms with Gasteiger partial charge >= 0.3 is 0 Å². The molecule has 0 saturated heterocycles. The molecule has 2 heterocycles. The Kier molecular flexibility index (Phi) is 5.05. The zero-order chi connectivity index (χ0) is 16.9. The predicted octanol–water partition coefficient (Wildman–Crippen LogP) is 3.19. The van der Waals surface area contributed by atoms with Crippen molar-refractivity contribution in [2.75, 3.05) is 6.54 Å². The first-order valence-electron chi connectivity index (χ1n) is 7.90. The van der Waals surface area contributed by atoms with Gasteiger partial charge < -0.3 is 9.88 Å². The number of rotatable bonds is 7. The number of ketones is 1. The molecule has 24 heavy (non-hydrogen) atoms. The number of benzene rings is 1. The van der Waals surface area contributed by atoms with Gasteiger partial charge in [-0.05, 0) is 30.5 Å². The van der Waals surface area contributed by atoms with E-state index in [-0.39, 0.29) is 24.5 Å². The van der Waals surface area contributed by atoms with Gasteiger partial charge in [0.2, 0.25) is 5.91 Å². The number of hydrogen-bond acceptors (Lipinski definition) is 4. The van der Waals surface area contributed by atoms with E-state index < -0.39 is 0 Å². The lowest BCUT2D eigenvalue weighted by Gasteiger charge is -2.08. The highest BCUT2D eigenvalue weighted by atomic mass is 32.1. The van der Waals surface area contributed by atoms with Gasteiger partial charge in [-0.25, -0.2) is 4.98 Å². The standard InChI is InChI=1S/C18H19N3O2S/c1-13-20-14-5-2-3-6-15(14)21(13)11-10-19-18(23)9-8-16(22)17-7-4-12-24-17/h2-7,12H,8-11H2,1H3,(H,19,23). The Morgan fingerprint density at radius 2 is 2.00 bits per heavy atom. The Morgan fingerprint density at radius 3 is 2.79 bits per heavy atom. The van der Waals surface area contributed by atoms with E-state index in [0.29, 0.717) is 18.0 Å². The summed E-state index contributed by atoms with van der Waals surface area (Å²) in [4.78, 5) is 29.0. The van der Waals surface area contributed by atoms with Gasteiger partial charge in [0.25, 0.3) is 0 Å². The summed E-state index contributed by atoms with van der Waals surface area (Å²) in [6.07, 6.45) is 0.472. The average Bonchev–Trinajstić information content (AvgIpc) is 3.21. The van der Waals surface area contributed by atoms with Crippen LogP contribution in [0.3, 0.4) is 0 Å². The third kappa shape index (κ3) is 3.71. The van der Waals surface area contributed by atoms with E-state index in [4.69, 9.17) is 0 Å². The van der Waals surface area contributed by atoms with Gasteiger partial charge in [-0.1, -0.05) is 18.2 Å². The fraction of sp³-hybridized carbons (Fsp3) is 0.278. The van der Waals surface area contributed by atoms with Crippen molar-refractivity contribution in [2.24, 2.45) is 0 Å². The topological polar surface area (TPSA) is 64.0 Å². The number of fused-ring (bicyclic) bond motifs is 1. The number of hydrogen-bond donors (Lipinski definition) is 1. The number of amides is 1. The van der Waals surface area contributed by atoms with Crippen LogP contribution in [-0.2, 0) is 11.3 Å². The Balaban J connectivity index is 1.48. The molecule has 0 atom stereocenters. The molecule has 124 valence electrons. The van der Waals surface area contributed by atoms with Crippen molar-refractivity contribution in [1.29, 1.82) is 0 Å². The van der Waals surface area contributed by atoms with Crippen LogP contribution in [0.15, 0.2) is 41.8 Å². The highest BCUT2D eigenvalue weighted by Crippen LogP contribution is 2.15. The zero-order valence-corrected chi connectivity index (χ0v) is 14.3. The number of carbonyl (C=O) groups excluding carboxylic acids is 2. The summed E-state index contributed by atoms with van der Waals surface area (Å²) in [5, 5.41) is 4.74. The van der Waals surface area contributed by atoms with Gasteiger partial charge in [-0.2, -0.15) is 0 Å². The molecule has 1 aromatic carbocycles. The van der Waals surface area contributed by atoms with Crippen molar-refractivity contribution < 1.29 is 9.59 Å². The first-order valence-corrected chi connectivity index (χ1v) is 8.78. The molecule has 0 bridgehead atoms. The van der Waals surface area contributed by atoms with Gasteiger partial charge in [-0.3, -0.25) is 9.59 Å². The lowest BCUT2D eigenvalue weighted by atomic mass is 10.2. The van der Waals surface area contributed by atoms with Crippen molar-refractivity contribution in [3.63, 3.8) is 0 Å². The summed E-state index contributed by atoms with van der Waals surface area (Å²) < 4.78 is 2.09. The number of nitrogens with zero attached hydrogens (tertiary/aromatic N) is 2. The molecule has 0 radical (unpaired) electrons. The summed E-state index contributed by atoms with van der Waals surface area (Å²) >= 11 is 1.41. The molecule has 1 N–H and O–H groups in total. The molecule has 0 saturated carbocycles. The van der Waals surface area contributed by atoms with Gasteiger partial charge in [0, 0.05) is 25.9 Å². The van der Waals surface area contributed by atoms with E-state index in [9.17, 15) is 9.59 Å². The minimum atomic E-state index is -0.0954. The first kappa shape index (κ1) is 16.4. The van der Waals surface area contributed by atoms with Gasteiger partial charge in [0.15, 0.2) is 5.78 Å². The number of Topliss-reactive ketones (excluding diaryl/α,β-unsaturated/α-hetero) is 1. The molecule has 0 aliphatic heterocycles. The third-order valence-electron chi connectivity index (χ3n) is 3.88. The van der Waals surface area contributed by atoms with E-state index in [1.807, 2.05) is 42.6 Å². The summed E-state index contributed by atoms with van der Waals surface area (Å²) in [6, 6.07) is 11.6. The lowest BCUT2D eigenvalue weighted by molar-refractivity contribution is -0.121. The molecule has 0 fully saturated rings. The molecular weight excluding hydrogens is 322 g/mol. The van der Waals surface area contributed by atoms with Crippen molar-refractivity contribution in [2.45, 2.75) is 26.3 Å². The summed E-state index contributed by atoms with van der Waals surface area (Å²) in [6.45, 7) is 3.14. The van der Waals surface area contributed by atoms with Crippen molar-refractivity contribution in [3.8, 4) is 0 Å². The van der Waals surface area contributed by atoms with Crippen LogP contribution in [0.1, 0.15) is 28.3 Å². The van der Waals surface area contributed by atoms with E-state index in [1.165, 1.54) is 11.3 Å². The molecule has 3 rings (SSSR count). The molecule has 0 unspecified atom stereocenters. The summed E-state index contributed by atoms with van der Waals surface area (Å²) in [7, 11) is 0. The van der Waals surface area contributed by atoms with Crippen LogP contribution in [0.4, 0.5) is 0 Å². The van der Waals surface area contributed by atoms with Crippen molar-refractivity contribution >= 4 is 34.1 Å². The molecule has 0 aliphatic rings. The number of aryl methyl sites for hydroxylation is 1. The maximum Gasteiger partial charge on any atom is 0.220 e. The summed E-state index contributed by atoms with van der Waals surface area (Å²) in [5.74, 6) is 0.858. The number of aromatic nitrogens is 2. The van der Waals surface area contributed by atoms with Crippen LogP contribution in [0.5, 0.6) is 0 Å². The van der Waals surface area contributed by atoms with Crippen LogP contribution >= 0.6 is 11.3 Å². The fourth-order valence-corrected chi connectivity index (χ4v) is 3.36. The van der Waals surface area contributed by atoms with Crippen molar-refractivity contribution in [3.05, 3.63) is 52.5 Å². The van der Waals surface area contributed by atoms with E-state index in [2.05, 4.69) is 14.9 Å². The molecule has 3 aromatic rings. The predicted molar refractivity (Wildman–Crippen MR) is 95.4 cm³/mol. The average molecular weight is 341 g/mol. The Bertz CT molecular complexity index is 852. The van der Waals surface area contributed by atoms with Gasteiger partial charge in [0.05, 0.1) is 15.9 Å². The Hall–Kier alpha value is -2.47. The smallest absolute Gasteiger partial charge is 0.220 e. The zero-order valence-electron chi connectivity index (χ0n) is 13.5. The Labute approximate surface area is 144 Å². The second kappa shape index (κ2) is 7.40. The van der Waals surface area contributed by atoms with E-state index >= 15 is 0 Å². The number of thiophene rings is 1. The van der Waals surface area contributed by atoms with Crippen molar-refractivity contribution in [1.82, 2.24) is 14.9 Å². The highest BCUT2D eigenvalue weighted by Gasteiger charge is 2.10. The van der Waals surface area contributed by atoms with Gasteiger partial charge in [-0.15, -0.1) is 11.3 Å². The van der Waals surface area contributed by atoms with Crippen LogP contribution in [0.25, 0.3) is 11.0 Å². The second-order valence-electron chi connectivity index (χ2n) is 5.55. The normalized spacial score (nSPS) is 10.9. The fourth-order valence-electron chi connectivity index (χ4n) is 2.66. The first-order chi connectivity index (χ1) is 11.6. The second-order valence-corrected chi connectivity index (χ2v) is 6.50. The molecule has 6 heteroatoms. The quantitative estimate of drug-likeness (QED) is 0.671. The largest absolute Gasteiger partial charge is 0.354 e. The molecule has 0 spiro atoms. The number of para-hydroxylation sites is 2.